The summed E-state index contributed by atoms with van der Waals surface area (Å²) in [7, 11) is 0. The summed E-state index contributed by atoms with van der Waals surface area (Å²) < 4.78 is 0. The fourth-order valence-corrected chi connectivity index (χ4v) is 4.40. The predicted molar refractivity (Wildman–Crippen MR) is 89.4 cm³/mol. The highest BCUT2D eigenvalue weighted by Crippen LogP contribution is 2.34. The number of nitrogens with one attached hydrogen (secondary N) is 1. The topological polar surface area (TPSA) is 49.4 Å². The molecule has 3 heterocycles. The minimum Gasteiger partial charge on any atom is -0.342 e. The Labute approximate surface area is 137 Å². The molecule has 2 amide bonds. The molecule has 1 unspecified atom stereocenters. The van der Waals surface area contributed by atoms with Gasteiger partial charge in [-0.05, 0) is 43.3 Å². The molecule has 1 fully saturated rings. The quantitative estimate of drug-likeness (QED) is 0.933. The van der Waals surface area contributed by atoms with Crippen molar-refractivity contribution in [2.45, 2.75) is 25.8 Å². The third-order valence-corrected chi connectivity index (χ3v) is 5.78. The van der Waals surface area contributed by atoms with E-state index in [9.17, 15) is 9.59 Å². The average molecular weight is 334 g/mol. The van der Waals surface area contributed by atoms with Gasteiger partial charge in [0.05, 0.1) is 17.5 Å². The van der Waals surface area contributed by atoms with Crippen molar-refractivity contribution < 1.29 is 9.59 Å². The van der Waals surface area contributed by atoms with E-state index < -0.39 is 0 Å². The molecule has 2 aromatic heterocycles. The molecule has 6 heteroatoms. The van der Waals surface area contributed by atoms with E-state index in [4.69, 9.17) is 0 Å². The van der Waals surface area contributed by atoms with Crippen molar-refractivity contribution in [1.82, 2.24) is 10.2 Å². The minimum atomic E-state index is -0.168. The van der Waals surface area contributed by atoms with Gasteiger partial charge < -0.3 is 10.2 Å². The van der Waals surface area contributed by atoms with Crippen LogP contribution >= 0.6 is 22.7 Å². The lowest BCUT2D eigenvalue weighted by Gasteiger charge is -2.24. The van der Waals surface area contributed by atoms with E-state index in [-0.39, 0.29) is 24.4 Å². The summed E-state index contributed by atoms with van der Waals surface area (Å²) >= 11 is 3.13. The van der Waals surface area contributed by atoms with Crippen LogP contribution in [0.5, 0.6) is 0 Å². The summed E-state index contributed by atoms with van der Waals surface area (Å²) in [6.07, 6.45) is 2.02. The van der Waals surface area contributed by atoms with Crippen LogP contribution in [0, 0.1) is 6.92 Å². The summed E-state index contributed by atoms with van der Waals surface area (Å²) in [6.45, 7) is 2.80. The van der Waals surface area contributed by atoms with Crippen molar-refractivity contribution in [3.63, 3.8) is 0 Å². The van der Waals surface area contributed by atoms with Crippen LogP contribution in [0.15, 0.2) is 29.6 Å². The fourth-order valence-electron chi connectivity index (χ4n) is 2.74. The minimum absolute atomic E-state index is 0.00229. The van der Waals surface area contributed by atoms with E-state index in [2.05, 4.69) is 11.4 Å². The van der Waals surface area contributed by atoms with Crippen molar-refractivity contribution >= 4 is 34.5 Å². The van der Waals surface area contributed by atoms with Gasteiger partial charge in [-0.2, -0.15) is 0 Å². The van der Waals surface area contributed by atoms with Crippen LogP contribution in [-0.2, 0) is 4.79 Å². The second-order valence-electron chi connectivity index (χ2n) is 5.35. The first kappa shape index (κ1) is 15.2. The molecule has 1 saturated heterocycles. The molecule has 0 aliphatic carbocycles. The standard InChI is InChI=1S/C16H18N2O2S2/c1-11-6-7-14(22-11)16(20)17-10-15(19)18-8-2-4-12(18)13-5-3-9-21-13/h3,5-7,9,12H,2,4,8,10H2,1H3,(H,17,20). The predicted octanol–water partition coefficient (Wildman–Crippen LogP) is 3.21. The number of amides is 2. The molecule has 4 nitrogen and oxygen atoms in total. The average Bonchev–Trinajstić information content (AvgIpc) is 3.23. The lowest BCUT2D eigenvalue weighted by molar-refractivity contribution is -0.131. The van der Waals surface area contributed by atoms with Crippen LogP contribution in [0.3, 0.4) is 0 Å². The molecular weight excluding hydrogens is 316 g/mol. The van der Waals surface area contributed by atoms with Gasteiger partial charge in [-0.1, -0.05) is 6.07 Å². The van der Waals surface area contributed by atoms with Crippen molar-refractivity contribution in [2.24, 2.45) is 0 Å². The van der Waals surface area contributed by atoms with Gasteiger partial charge in [0.25, 0.3) is 5.91 Å². The van der Waals surface area contributed by atoms with Crippen molar-refractivity contribution in [2.75, 3.05) is 13.1 Å². The second-order valence-corrected chi connectivity index (χ2v) is 7.62. The zero-order valence-electron chi connectivity index (χ0n) is 12.4. The maximum atomic E-state index is 12.4. The van der Waals surface area contributed by atoms with Gasteiger partial charge in [0.1, 0.15) is 0 Å². The van der Waals surface area contributed by atoms with E-state index in [0.717, 1.165) is 24.3 Å². The number of rotatable bonds is 4. The Morgan fingerprint density at radius 1 is 1.36 bits per heavy atom. The summed E-state index contributed by atoms with van der Waals surface area (Å²) in [6, 6.07) is 7.97. The van der Waals surface area contributed by atoms with Crippen LogP contribution in [0.2, 0.25) is 0 Å². The number of aryl methyl sites for hydroxylation is 1. The first-order valence-electron chi connectivity index (χ1n) is 7.32. The van der Waals surface area contributed by atoms with Gasteiger partial charge in [0, 0.05) is 16.3 Å². The highest BCUT2D eigenvalue weighted by Gasteiger charge is 2.30. The molecule has 1 aliphatic rings. The molecule has 1 atom stereocenters. The smallest absolute Gasteiger partial charge is 0.261 e. The molecule has 0 saturated carbocycles. The van der Waals surface area contributed by atoms with Gasteiger partial charge in [-0.3, -0.25) is 9.59 Å². The number of carbonyl (C=O) groups is 2. The van der Waals surface area contributed by atoms with Crippen LogP contribution in [0.25, 0.3) is 0 Å². The maximum Gasteiger partial charge on any atom is 0.261 e. The molecule has 1 N–H and O–H groups in total. The fraction of sp³-hybridized carbons (Fsp3) is 0.375. The molecule has 22 heavy (non-hydrogen) atoms. The van der Waals surface area contributed by atoms with E-state index in [1.54, 1.807) is 17.4 Å². The Bertz CT molecular complexity index is 664. The van der Waals surface area contributed by atoms with Gasteiger partial charge in [0.15, 0.2) is 0 Å². The van der Waals surface area contributed by atoms with E-state index in [1.165, 1.54) is 16.2 Å². The summed E-state index contributed by atoms with van der Waals surface area (Å²) in [4.78, 5) is 29.3. The zero-order valence-corrected chi connectivity index (χ0v) is 14.0. The number of nitrogens with zero attached hydrogens (tertiary/aromatic N) is 1. The Morgan fingerprint density at radius 3 is 2.91 bits per heavy atom. The van der Waals surface area contributed by atoms with Gasteiger partial charge in [-0.15, -0.1) is 22.7 Å². The normalized spacial score (nSPS) is 17.7. The number of thiophene rings is 2. The third-order valence-electron chi connectivity index (χ3n) is 3.81. The summed E-state index contributed by atoms with van der Waals surface area (Å²) in [5.74, 6) is -0.171. The molecule has 0 aromatic carbocycles. The number of likely N-dealkylation sites (tertiary alicyclic amines) is 1. The van der Waals surface area contributed by atoms with Crippen molar-refractivity contribution in [3.8, 4) is 0 Å². The molecule has 1 aliphatic heterocycles. The van der Waals surface area contributed by atoms with E-state index in [0.29, 0.717) is 4.88 Å². The van der Waals surface area contributed by atoms with Crippen LogP contribution in [0.4, 0.5) is 0 Å². The zero-order chi connectivity index (χ0) is 15.5. The highest BCUT2D eigenvalue weighted by atomic mass is 32.1. The lowest BCUT2D eigenvalue weighted by Crippen LogP contribution is -2.39. The third kappa shape index (κ3) is 3.23. The number of hydrogen-bond donors (Lipinski definition) is 1. The van der Waals surface area contributed by atoms with Crippen molar-refractivity contribution in [3.05, 3.63) is 44.3 Å². The molecule has 0 radical (unpaired) electrons. The second kappa shape index (κ2) is 6.62. The molecule has 116 valence electrons. The molecule has 3 rings (SSSR count). The SMILES string of the molecule is Cc1ccc(C(=O)NCC(=O)N2CCCC2c2cccs2)s1. The molecule has 0 bridgehead atoms. The van der Waals surface area contributed by atoms with Crippen LogP contribution in [-0.4, -0.2) is 29.8 Å². The molecule has 0 spiro atoms. The van der Waals surface area contributed by atoms with E-state index in [1.807, 2.05) is 29.3 Å². The first-order chi connectivity index (χ1) is 10.6. The van der Waals surface area contributed by atoms with Crippen molar-refractivity contribution in [1.29, 1.82) is 0 Å². The first-order valence-corrected chi connectivity index (χ1v) is 9.02. The van der Waals surface area contributed by atoms with Gasteiger partial charge in [0.2, 0.25) is 5.91 Å². The Balaban J connectivity index is 1.58. The number of hydrogen-bond acceptors (Lipinski definition) is 4. The Kier molecular flexibility index (Phi) is 4.59. The largest absolute Gasteiger partial charge is 0.342 e. The highest BCUT2D eigenvalue weighted by molar-refractivity contribution is 7.13. The molecular formula is C16H18N2O2S2. The summed E-state index contributed by atoms with van der Waals surface area (Å²) in [5, 5.41) is 4.78. The Morgan fingerprint density at radius 2 is 2.23 bits per heavy atom. The lowest BCUT2D eigenvalue weighted by atomic mass is 10.2. The van der Waals surface area contributed by atoms with Gasteiger partial charge >= 0.3 is 0 Å². The number of carbonyl (C=O) groups excluding carboxylic acids is 2. The van der Waals surface area contributed by atoms with E-state index >= 15 is 0 Å². The summed E-state index contributed by atoms with van der Waals surface area (Å²) in [5.41, 5.74) is 0. The van der Waals surface area contributed by atoms with Crippen LogP contribution < -0.4 is 5.32 Å². The van der Waals surface area contributed by atoms with Gasteiger partial charge in [-0.25, -0.2) is 0 Å². The molecule has 2 aromatic rings. The monoisotopic (exact) mass is 334 g/mol. The maximum absolute atomic E-state index is 12.4. The Hall–Kier alpha value is -1.66. The van der Waals surface area contributed by atoms with Crippen LogP contribution in [0.1, 0.15) is 38.3 Å².